The number of amides is 1. The Morgan fingerprint density at radius 2 is 2.35 bits per heavy atom. The van der Waals surface area contributed by atoms with Crippen LogP contribution in [0.4, 0.5) is 0 Å². The van der Waals surface area contributed by atoms with E-state index in [9.17, 15) is 4.79 Å². The summed E-state index contributed by atoms with van der Waals surface area (Å²) in [4.78, 5) is 17.0. The van der Waals surface area contributed by atoms with Gasteiger partial charge < -0.3 is 5.32 Å². The SMILES string of the molecule is Cc1ncsc1CCNC(=O)c1ccnnc1. The zero-order valence-electron chi connectivity index (χ0n) is 9.38. The van der Waals surface area contributed by atoms with Crippen LogP contribution in [0.1, 0.15) is 20.9 Å². The number of carbonyl (C=O) groups is 1. The summed E-state index contributed by atoms with van der Waals surface area (Å²) in [5.74, 6) is -0.123. The molecule has 1 N–H and O–H groups in total. The average molecular weight is 248 g/mol. The Labute approximate surface area is 103 Å². The number of rotatable bonds is 4. The molecule has 2 rings (SSSR count). The molecule has 0 radical (unpaired) electrons. The van der Waals surface area contributed by atoms with Crippen LogP contribution < -0.4 is 5.32 Å². The maximum Gasteiger partial charge on any atom is 0.252 e. The lowest BCUT2D eigenvalue weighted by Crippen LogP contribution is -2.25. The van der Waals surface area contributed by atoms with Gasteiger partial charge in [-0.3, -0.25) is 4.79 Å². The van der Waals surface area contributed by atoms with Crippen LogP contribution in [0.25, 0.3) is 0 Å². The monoisotopic (exact) mass is 248 g/mol. The van der Waals surface area contributed by atoms with Crippen molar-refractivity contribution in [2.24, 2.45) is 0 Å². The third-order valence-electron chi connectivity index (χ3n) is 2.33. The minimum absolute atomic E-state index is 0.123. The Balaban J connectivity index is 1.84. The van der Waals surface area contributed by atoms with E-state index >= 15 is 0 Å². The molecule has 17 heavy (non-hydrogen) atoms. The Kier molecular flexibility index (Phi) is 3.77. The number of aryl methyl sites for hydroxylation is 1. The fraction of sp³-hybridized carbons (Fsp3) is 0.273. The topological polar surface area (TPSA) is 67.8 Å². The zero-order chi connectivity index (χ0) is 12.1. The quantitative estimate of drug-likeness (QED) is 0.883. The molecule has 0 unspecified atom stereocenters. The van der Waals surface area contributed by atoms with Gasteiger partial charge in [-0.05, 0) is 13.0 Å². The van der Waals surface area contributed by atoms with E-state index in [2.05, 4.69) is 20.5 Å². The molecule has 0 spiro atoms. The minimum Gasteiger partial charge on any atom is -0.352 e. The third-order valence-corrected chi connectivity index (χ3v) is 3.32. The summed E-state index contributed by atoms with van der Waals surface area (Å²) < 4.78 is 0. The van der Waals surface area contributed by atoms with Crippen LogP contribution in [0.3, 0.4) is 0 Å². The van der Waals surface area contributed by atoms with Crippen LogP contribution in [0.5, 0.6) is 0 Å². The molecule has 2 aromatic heterocycles. The minimum atomic E-state index is -0.123. The van der Waals surface area contributed by atoms with E-state index in [0.29, 0.717) is 12.1 Å². The number of nitrogens with zero attached hydrogens (tertiary/aromatic N) is 3. The Morgan fingerprint density at radius 1 is 1.47 bits per heavy atom. The van der Waals surface area contributed by atoms with E-state index in [1.165, 1.54) is 17.3 Å². The summed E-state index contributed by atoms with van der Waals surface area (Å²) in [5, 5.41) is 10.1. The van der Waals surface area contributed by atoms with Gasteiger partial charge >= 0.3 is 0 Å². The van der Waals surface area contributed by atoms with Crippen LogP contribution in [0.15, 0.2) is 24.0 Å². The van der Waals surface area contributed by atoms with Gasteiger partial charge in [-0.1, -0.05) is 0 Å². The molecule has 88 valence electrons. The first-order valence-electron chi connectivity index (χ1n) is 5.21. The highest BCUT2D eigenvalue weighted by Crippen LogP contribution is 2.11. The molecule has 0 saturated carbocycles. The number of hydrogen-bond acceptors (Lipinski definition) is 5. The summed E-state index contributed by atoms with van der Waals surface area (Å²) in [6, 6.07) is 1.64. The molecule has 0 atom stereocenters. The molecule has 5 nitrogen and oxygen atoms in total. The van der Waals surface area contributed by atoms with Gasteiger partial charge in [0.25, 0.3) is 5.91 Å². The standard InChI is InChI=1S/C11H12N4OS/c1-8-10(17-7-13-8)3-4-12-11(16)9-2-5-14-15-6-9/h2,5-7H,3-4H2,1H3,(H,12,16). The molecule has 6 heteroatoms. The molecular formula is C11H12N4OS. The number of aromatic nitrogens is 3. The fourth-order valence-corrected chi connectivity index (χ4v) is 2.16. The van der Waals surface area contributed by atoms with Crippen molar-refractivity contribution in [3.8, 4) is 0 Å². The second-order valence-electron chi connectivity index (χ2n) is 3.50. The van der Waals surface area contributed by atoms with E-state index in [1.54, 1.807) is 17.4 Å². The first kappa shape index (κ1) is 11.7. The maximum absolute atomic E-state index is 11.7. The summed E-state index contributed by atoms with van der Waals surface area (Å²) in [5.41, 5.74) is 3.38. The average Bonchev–Trinajstić information content (AvgIpc) is 2.76. The number of nitrogens with one attached hydrogen (secondary N) is 1. The highest BCUT2D eigenvalue weighted by atomic mass is 32.1. The summed E-state index contributed by atoms with van der Waals surface area (Å²) in [6.07, 6.45) is 3.76. The van der Waals surface area contributed by atoms with Gasteiger partial charge in [0, 0.05) is 17.8 Å². The van der Waals surface area contributed by atoms with E-state index in [4.69, 9.17) is 0 Å². The molecule has 0 aliphatic heterocycles. The van der Waals surface area contributed by atoms with Gasteiger partial charge in [-0.25, -0.2) is 4.98 Å². The molecule has 0 aliphatic carbocycles. The zero-order valence-corrected chi connectivity index (χ0v) is 10.2. The van der Waals surface area contributed by atoms with Gasteiger partial charge in [-0.2, -0.15) is 10.2 Å². The van der Waals surface area contributed by atoms with Crippen molar-refractivity contribution in [2.75, 3.05) is 6.54 Å². The Bertz CT molecular complexity index is 497. The second kappa shape index (κ2) is 5.49. The lowest BCUT2D eigenvalue weighted by molar-refractivity contribution is 0.0953. The molecular weight excluding hydrogens is 236 g/mol. The second-order valence-corrected chi connectivity index (χ2v) is 4.44. The van der Waals surface area contributed by atoms with Crippen LogP contribution >= 0.6 is 11.3 Å². The molecule has 2 heterocycles. The van der Waals surface area contributed by atoms with E-state index in [-0.39, 0.29) is 5.91 Å². The Hall–Kier alpha value is -1.82. The number of thiazole rings is 1. The fourth-order valence-electron chi connectivity index (χ4n) is 1.38. The van der Waals surface area contributed by atoms with Crippen molar-refractivity contribution in [3.05, 3.63) is 40.1 Å². The van der Waals surface area contributed by atoms with Gasteiger partial charge in [0.05, 0.1) is 29.2 Å². The maximum atomic E-state index is 11.7. The molecule has 0 fully saturated rings. The highest BCUT2D eigenvalue weighted by Gasteiger charge is 2.06. The Morgan fingerprint density at radius 3 is 3.00 bits per heavy atom. The van der Waals surface area contributed by atoms with Crippen molar-refractivity contribution < 1.29 is 4.79 Å². The number of carbonyl (C=O) groups excluding carboxylic acids is 1. The van der Waals surface area contributed by atoms with Gasteiger partial charge in [0.1, 0.15) is 0 Å². The van der Waals surface area contributed by atoms with Crippen molar-refractivity contribution in [3.63, 3.8) is 0 Å². The lowest BCUT2D eigenvalue weighted by atomic mass is 10.2. The molecule has 0 saturated heterocycles. The predicted molar refractivity (Wildman–Crippen MR) is 64.9 cm³/mol. The van der Waals surface area contributed by atoms with Crippen molar-refractivity contribution in [1.29, 1.82) is 0 Å². The first-order valence-corrected chi connectivity index (χ1v) is 6.09. The van der Waals surface area contributed by atoms with Crippen molar-refractivity contribution in [1.82, 2.24) is 20.5 Å². The molecule has 0 bridgehead atoms. The number of hydrogen-bond donors (Lipinski definition) is 1. The van der Waals surface area contributed by atoms with E-state index < -0.39 is 0 Å². The largest absolute Gasteiger partial charge is 0.352 e. The highest BCUT2D eigenvalue weighted by molar-refractivity contribution is 7.09. The van der Waals surface area contributed by atoms with Crippen LogP contribution in [0, 0.1) is 6.92 Å². The molecule has 0 aliphatic rings. The predicted octanol–water partition coefficient (Wildman–Crippen LogP) is 1.21. The molecule has 0 aromatic carbocycles. The van der Waals surface area contributed by atoms with Crippen molar-refractivity contribution in [2.45, 2.75) is 13.3 Å². The summed E-state index contributed by atoms with van der Waals surface area (Å²) >= 11 is 1.61. The van der Waals surface area contributed by atoms with E-state index in [1.807, 2.05) is 12.4 Å². The first-order chi connectivity index (χ1) is 8.27. The lowest BCUT2D eigenvalue weighted by Gasteiger charge is -2.03. The van der Waals surface area contributed by atoms with E-state index in [0.717, 1.165) is 12.1 Å². The molecule has 1 amide bonds. The summed E-state index contributed by atoms with van der Waals surface area (Å²) in [7, 11) is 0. The van der Waals surface area contributed by atoms with Crippen LogP contribution in [-0.4, -0.2) is 27.6 Å². The van der Waals surface area contributed by atoms with Crippen LogP contribution in [-0.2, 0) is 6.42 Å². The van der Waals surface area contributed by atoms with Gasteiger partial charge in [0.2, 0.25) is 0 Å². The summed E-state index contributed by atoms with van der Waals surface area (Å²) in [6.45, 7) is 2.57. The third kappa shape index (κ3) is 3.07. The van der Waals surface area contributed by atoms with Crippen molar-refractivity contribution >= 4 is 17.2 Å². The van der Waals surface area contributed by atoms with Gasteiger partial charge in [-0.15, -0.1) is 11.3 Å². The normalized spacial score (nSPS) is 10.2. The van der Waals surface area contributed by atoms with Gasteiger partial charge in [0.15, 0.2) is 0 Å². The van der Waals surface area contributed by atoms with Crippen LogP contribution in [0.2, 0.25) is 0 Å². The molecule has 2 aromatic rings. The smallest absolute Gasteiger partial charge is 0.252 e.